The Hall–Kier alpha value is -3.52. The van der Waals surface area contributed by atoms with Gasteiger partial charge in [0.2, 0.25) is 6.79 Å². The van der Waals surface area contributed by atoms with Gasteiger partial charge in [-0.25, -0.2) is 0 Å². The van der Waals surface area contributed by atoms with Crippen LogP contribution < -0.4 is 24.8 Å². The van der Waals surface area contributed by atoms with Gasteiger partial charge in [-0.1, -0.05) is 0 Å². The second-order valence-corrected chi connectivity index (χ2v) is 7.40. The first kappa shape index (κ1) is 18.8. The monoisotopic (exact) mass is 410 g/mol. The Kier molecular flexibility index (Phi) is 5.09. The quantitative estimate of drug-likeness (QED) is 0.655. The molecule has 3 aromatic rings. The lowest BCUT2D eigenvalue weighted by molar-refractivity contribution is 0.102. The van der Waals surface area contributed by atoms with E-state index < -0.39 is 0 Å². The van der Waals surface area contributed by atoms with Gasteiger partial charge in [0.15, 0.2) is 11.5 Å². The lowest BCUT2D eigenvalue weighted by atomic mass is 10.2. The number of thiophene rings is 1. The molecule has 0 aliphatic carbocycles. The van der Waals surface area contributed by atoms with Crippen LogP contribution in [0.5, 0.6) is 17.2 Å². The summed E-state index contributed by atoms with van der Waals surface area (Å²) in [5.74, 6) is 1.38. The molecule has 2 amide bonds. The smallest absolute Gasteiger partial charge is 0.265 e. The Morgan fingerprint density at radius 1 is 0.931 bits per heavy atom. The molecule has 0 radical (unpaired) electrons. The first-order valence-corrected chi connectivity index (χ1v) is 9.62. The molecule has 0 bridgehead atoms. The Bertz CT molecular complexity index is 1090. The zero-order chi connectivity index (χ0) is 20.4. The number of carbonyl (C=O) groups is 2. The van der Waals surface area contributed by atoms with E-state index in [9.17, 15) is 9.59 Å². The number of carbonyl (C=O) groups excluding carboxylic acids is 2. The van der Waals surface area contributed by atoms with E-state index in [4.69, 9.17) is 14.2 Å². The van der Waals surface area contributed by atoms with Crippen LogP contribution in [0.4, 0.5) is 11.4 Å². The van der Waals surface area contributed by atoms with E-state index in [1.807, 2.05) is 13.0 Å². The highest BCUT2D eigenvalue weighted by atomic mass is 32.1. The van der Waals surface area contributed by atoms with Crippen molar-refractivity contribution in [3.63, 3.8) is 0 Å². The van der Waals surface area contributed by atoms with Crippen LogP contribution >= 0.6 is 11.3 Å². The molecule has 148 valence electrons. The normalized spacial score (nSPS) is 11.8. The first-order valence-electron chi connectivity index (χ1n) is 8.80. The summed E-state index contributed by atoms with van der Waals surface area (Å²) in [4.78, 5) is 25.9. The van der Waals surface area contributed by atoms with Crippen molar-refractivity contribution in [2.45, 2.75) is 6.92 Å². The van der Waals surface area contributed by atoms with Crippen molar-refractivity contribution in [1.29, 1.82) is 0 Å². The van der Waals surface area contributed by atoms with E-state index >= 15 is 0 Å². The lowest BCUT2D eigenvalue weighted by Gasteiger charge is -2.09. The third-order valence-corrected chi connectivity index (χ3v) is 5.45. The van der Waals surface area contributed by atoms with Gasteiger partial charge >= 0.3 is 0 Å². The minimum absolute atomic E-state index is 0.170. The van der Waals surface area contributed by atoms with Crippen LogP contribution in [0.25, 0.3) is 0 Å². The summed E-state index contributed by atoms with van der Waals surface area (Å²) in [6.07, 6.45) is 0. The zero-order valence-corrected chi connectivity index (χ0v) is 16.6. The van der Waals surface area contributed by atoms with Crippen molar-refractivity contribution in [2.24, 2.45) is 0 Å². The van der Waals surface area contributed by atoms with E-state index in [1.54, 1.807) is 49.6 Å². The molecule has 1 aliphatic rings. The molecule has 7 nitrogen and oxygen atoms in total. The number of fused-ring (bicyclic) bond motifs is 1. The van der Waals surface area contributed by atoms with Gasteiger partial charge in [0, 0.05) is 17.4 Å². The van der Waals surface area contributed by atoms with E-state index in [1.165, 1.54) is 0 Å². The number of aryl methyl sites for hydroxylation is 1. The first-order chi connectivity index (χ1) is 14.0. The van der Waals surface area contributed by atoms with Crippen LogP contribution in [0.15, 0.2) is 48.5 Å². The summed E-state index contributed by atoms with van der Waals surface area (Å²) >= 11 is 1.12. The molecule has 1 aromatic heterocycles. The molecule has 0 saturated heterocycles. The Labute approximate surface area is 171 Å². The summed E-state index contributed by atoms with van der Waals surface area (Å²) in [6.45, 7) is 2.06. The van der Waals surface area contributed by atoms with Gasteiger partial charge in [-0.3, -0.25) is 9.59 Å². The number of rotatable bonds is 5. The molecule has 4 rings (SSSR count). The molecule has 0 atom stereocenters. The van der Waals surface area contributed by atoms with Crippen molar-refractivity contribution < 1.29 is 23.8 Å². The van der Waals surface area contributed by atoms with Gasteiger partial charge in [-0.15, -0.1) is 11.3 Å². The molecule has 2 N–H and O–H groups in total. The maximum Gasteiger partial charge on any atom is 0.265 e. The zero-order valence-electron chi connectivity index (χ0n) is 15.8. The number of nitrogens with one attached hydrogen (secondary N) is 2. The van der Waals surface area contributed by atoms with Gasteiger partial charge in [0.1, 0.15) is 5.75 Å². The van der Waals surface area contributed by atoms with Crippen LogP contribution in [0, 0.1) is 6.92 Å². The minimum atomic E-state index is -0.298. The van der Waals surface area contributed by atoms with E-state index in [-0.39, 0.29) is 18.6 Å². The van der Waals surface area contributed by atoms with Crippen LogP contribution in [0.2, 0.25) is 0 Å². The third kappa shape index (κ3) is 4.02. The number of ether oxygens (including phenoxy) is 3. The number of hydrogen-bond donors (Lipinski definition) is 2. The third-order valence-electron chi connectivity index (χ3n) is 4.37. The van der Waals surface area contributed by atoms with Crippen LogP contribution in [0.1, 0.15) is 24.9 Å². The van der Waals surface area contributed by atoms with Crippen molar-refractivity contribution in [1.82, 2.24) is 0 Å². The second-order valence-electron chi connectivity index (χ2n) is 6.32. The van der Waals surface area contributed by atoms with Crippen molar-refractivity contribution in [3.8, 4) is 17.2 Å². The highest BCUT2D eigenvalue weighted by Crippen LogP contribution is 2.34. The summed E-state index contributed by atoms with van der Waals surface area (Å²) in [6, 6.07) is 13.8. The van der Waals surface area contributed by atoms with Gasteiger partial charge in [-0.05, 0) is 55.0 Å². The van der Waals surface area contributed by atoms with Gasteiger partial charge in [0.05, 0.1) is 16.9 Å². The van der Waals surface area contributed by atoms with Crippen molar-refractivity contribution >= 4 is 34.5 Å². The summed E-state index contributed by atoms with van der Waals surface area (Å²) in [5.41, 5.74) is 2.16. The molecule has 2 heterocycles. The molecular formula is C21H18N2O5S. The number of anilines is 2. The average Bonchev–Trinajstić information content (AvgIpc) is 3.38. The Balaban J connectivity index is 1.43. The topological polar surface area (TPSA) is 85.9 Å². The molecule has 29 heavy (non-hydrogen) atoms. The fraction of sp³-hybridized carbons (Fsp3) is 0.143. The van der Waals surface area contributed by atoms with Crippen LogP contribution in [-0.4, -0.2) is 25.7 Å². The van der Waals surface area contributed by atoms with Crippen molar-refractivity contribution in [2.75, 3.05) is 24.5 Å². The second kappa shape index (κ2) is 7.84. The predicted molar refractivity (Wildman–Crippen MR) is 111 cm³/mol. The maximum absolute atomic E-state index is 12.5. The summed E-state index contributed by atoms with van der Waals surface area (Å²) < 4.78 is 15.7. The number of amides is 2. The maximum atomic E-state index is 12.5. The largest absolute Gasteiger partial charge is 0.497 e. The van der Waals surface area contributed by atoms with E-state index in [2.05, 4.69) is 10.6 Å². The number of methoxy groups -OCH3 is 1. The molecule has 0 unspecified atom stereocenters. The molecule has 0 saturated carbocycles. The van der Waals surface area contributed by atoms with Crippen LogP contribution in [-0.2, 0) is 0 Å². The Morgan fingerprint density at radius 3 is 2.38 bits per heavy atom. The molecular weight excluding hydrogens is 392 g/mol. The van der Waals surface area contributed by atoms with Crippen LogP contribution in [0.3, 0.4) is 0 Å². The molecule has 8 heteroatoms. The highest BCUT2D eigenvalue weighted by molar-refractivity contribution is 7.16. The lowest BCUT2D eigenvalue weighted by Crippen LogP contribution is -2.11. The SMILES string of the molecule is COc1ccc(NC(=O)c2ccc(C(=O)Nc3ccc4c(c3)OCO4)s2)c(C)c1. The van der Waals surface area contributed by atoms with Gasteiger partial charge in [0.25, 0.3) is 11.8 Å². The fourth-order valence-electron chi connectivity index (χ4n) is 2.84. The average molecular weight is 410 g/mol. The molecule has 2 aromatic carbocycles. The fourth-order valence-corrected chi connectivity index (χ4v) is 3.63. The molecule has 0 fully saturated rings. The standard InChI is InChI=1S/C21H18N2O5S/c1-12-9-14(26-2)4-5-15(12)23-21(25)19-8-7-18(29-19)20(24)22-13-3-6-16-17(10-13)28-11-27-16/h3-10H,11H2,1-2H3,(H,22,24)(H,23,25). The molecule has 1 aliphatic heterocycles. The van der Waals surface area contributed by atoms with E-state index in [0.717, 1.165) is 22.6 Å². The van der Waals surface area contributed by atoms with E-state index in [0.29, 0.717) is 32.6 Å². The number of hydrogen-bond acceptors (Lipinski definition) is 6. The number of benzene rings is 2. The van der Waals surface area contributed by atoms with Gasteiger partial charge in [-0.2, -0.15) is 0 Å². The molecule has 0 spiro atoms. The van der Waals surface area contributed by atoms with Crippen molar-refractivity contribution in [3.05, 3.63) is 63.8 Å². The minimum Gasteiger partial charge on any atom is -0.497 e. The van der Waals surface area contributed by atoms with Gasteiger partial charge < -0.3 is 24.8 Å². The summed E-state index contributed by atoms with van der Waals surface area (Å²) in [5, 5.41) is 5.66. The predicted octanol–water partition coefficient (Wildman–Crippen LogP) is 4.30. The summed E-state index contributed by atoms with van der Waals surface area (Å²) in [7, 11) is 1.59. The highest BCUT2D eigenvalue weighted by Gasteiger charge is 2.17. The Morgan fingerprint density at radius 2 is 1.66 bits per heavy atom.